The third-order valence-electron chi connectivity index (χ3n) is 4.10. The molecule has 1 aromatic carbocycles. The fourth-order valence-corrected chi connectivity index (χ4v) is 3.24. The first-order chi connectivity index (χ1) is 13.6. The maximum atomic E-state index is 13.7. The molecule has 29 heavy (non-hydrogen) atoms. The molecular weight excluding hydrogens is 457 g/mol. The lowest BCUT2D eigenvalue weighted by atomic mass is 9.91. The zero-order chi connectivity index (χ0) is 21.5. The number of pyridine rings is 1. The van der Waals surface area contributed by atoms with E-state index in [-0.39, 0.29) is 38.9 Å². The molecule has 0 spiro atoms. The highest BCUT2D eigenvalue weighted by molar-refractivity contribution is 9.10. The van der Waals surface area contributed by atoms with Gasteiger partial charge in [-0.2, -0.15) is 23.7 Å². The smallest absolute Gasteiger partial charge is 0.416 e. The highest BCUT2D eigenvalue weighted by Crippen LogP contribution is 2.49. The van der Waals surface area contributed by atoms with Crippen LogP contribution in [0, 0.1) is 22.8 Å². The third kappa shape index (κ3) is 3.32. The molecule has 148 valence electrons. The van der Waals surface area contributed by atoms with Crippen molar-refractivity contribution >= 4 is 39.2 Å². The summed E-state index contributed by atoms with van der Waals surface area (Å²) in [7, 11) is 0. The van der Waals surface area contributed by atoms with Gasteiger partial charge >= 0.3 is 6.18 Å². The molecule has 0 radical (unpaired) electrons. The predicted molar refractivity (Wildman–Crippen MR) is 100 cm³/mol. The highest BCUT2D eigenvalue weighted by Gasteiger charge is 2.41. The first-order valence-corrected chi connectivity index (χ1v) is 8.46. The van der Waals surface area contributed by atoms with E-state index in [1.807, 2.05) is 0 Å². The van der Waals surface area contributed by atoms with Crippen LogP contribution in [-0.2, 0) is 6.18 Å². The Balaban J connectivity index is 2.41. The number of phenols is 1. The van der Waals surface area contributed by atoms with Gasteiger partial charge in [0, 0.05) is 11.1 Å². The van der Waals surface area contributed by atoms with Gasteiger partial charge in [-0.25, -0.2) is 9.98 Å². The van der Waals surface area contributed by atoms with Crippen LogP contribution >= 0.6 is 15.9 Å². The fourth-order valence-electron chi connectivity index (χ4n) is 2.90. The lowest BCUT2D eigenvalue weighted by molar-refractivity contribution is -0.138. The Kier molecular flexibility index (Phi) is 4.86. The van der Waals surface area contributed by atoms with E-state index in [4.69, 9.17) is 16.7 Å². The van der Waals surface area contributed by atoms with Gasteiger partial charge in [-0.3, -0.25) is 5.32 Å². The van der Waals surface area contributed by atoms with Crippen molar-refractivity contribution in [3.63, 3.8) is 0 Å². The number of anilines is 3. The molecule has 1 atom stereocenters. The summed E-state index contributed by atoms with van der Waals surface area (Å²) in [6.45, 7) is 0. The van der Waals surface area contributed by atoms with Crippen LogP contribution in [0.1, 0.15) is 28.3 Å². The van der Waals surface area contributed by atoms with Crippen molar-refractivity contribution in [2.24, 2.45) is 4.99 Å². The van der Waals surface area contributed by atoms with E-state index in [1.165, 1.54) is 0 Å². The topological polar surface area (TPSA) is 169 Å². The number of rotatable bonds is 1. The molecule has 1 unspecified atom stereocenters. The molecule has 0 aliphatic carbocycles. The number of fused-ring (bicyclic) bond motifs is 1. The lowest BCUT2D eigenvalue weighted by Crippen LogP contribution is -2.33. The van der Waals surface area contributed by atoms with E-state index in [2.05, 4.69) is 36.5 Å². The van der Waals surface area contributed by atoms with Gasteiger partial charge in [0.15, 0.2) is 6.19 Å². The number of nitrogens with two attached hydrogens (primary N) is 2. The summed E-state index contributed by atoms with van der Waals surface area (Å²) in [4.78, 5) is 8.00. The molecule has 0 saturated carbocycles. The van der Waals surface area contributed by atoms with Crippen molar-refractivity contribution in [2.75, 3.05) is 16.8 Å². The van der Waals surface area contributed by atoms with Crippen LogP contribution in [-0.4, -0.2) is 16.1 Å². The Morgan fingerprint density at radius 2 is 1.93 bits per heavy atom. The van der Waals surface area contributed by atoms with Crippen LogP contribution in [0.25, 0.3) is 0 Å². The number of alkyl halides is 3. The first kappa shape index (κ1) is 20.0. The number of hydrogen-bond donors (Lipinski definition) is 5. The Labute approximate surface area is 169 Å². The number of aliphatic imine (C=N–C) groups is 1. The van der Waals surface area contributed by atoms with Crippen LogP contribution in [0.4, 0.5) is 30.5 Å². The first-order valence-electron chi connectivity index (χ1n) is 7.67. The quantitative estimate of drug-likeness (QED) is 0.315. The van der Waals surface area contributed by atoms with Gasteiger partial charge in [-0.1, -0.05) is 0 Å². The van der Waals surface area contributed by atoms with Crippen LogP contribution in [0.5, 0.6) is 5.75 Å². The third-order valence-corrected chi connectivity index (χ3v) is 4.74. The molecular formula is C16H10BrF3N8O. The molecule has 1 aliphatic heterocycles. The number of nitriles is 2. The normalized spacial score (nSPS) is 15.4. The molecule has 1 aromatic heterocycles. The largest absolute Gasteiger partial charge is 0.506 e. The van der Waals surface area contributed by atoms with Crippen molar-refractivity contribution in [3.05, 3.63) is 38.9 Å². The zero-order valence-electron chi connectivity index (χ0n) is 14.1. The van der Waals surface area contributed by atoms with E-state index >= 15 is 0 Å². The molecule has 0 saturated heterocycles. The summed E-state index contributed by atoms with van der Waals surface area (Å²) in [6.07, 6.45) is -3.26. The number of nitrogens with zero attached hydrogens (tertiary/aromatic N) is 4. The number of nitrogen functional groups attached to an aromatic ring is 2. The molecule has 13 heteroatoms. The number of aromatic nitrogens is 1. The number of phenolic OH excluding ortho intramolecular Hbond substituents is 1. The number of hydrogen-bond acceptors (Lipinski definition) is 9. The van der Waals surface area contributed by atoms with Gasteiger partial charge < -0.3 is 21.9 Å². The summed E-state index contributed by atoms with van der Waals surface area (Å²) in [5.41, 5.74) is 9.30. The Morgan fingerprint density at radius 1 is 1.24 bits per heavy atom. The summed E-state index contributed by atoms with van der Waals surface area (Å²) < 4.78 is 41.0. The molecule has 7 N–H and O–H groups in total. The monoisotopic (exact) mass is 466 g/mol. The summed E-state index contributed by atoms with van der Waals surface area (Å²) in [6, 6.07) is 2.00. The van der Waals surface area contributed by atoms with E-state index in [0.29, 0.717) is 0 Å². The summed E-state index contributed by atoms with van der Waals surface area (Å²) >= 11 is 2.99. The molecule has 1 aliphatic rings. The van der Waals surface area contributed by atoms with Crippen molar-refractivity contribution in [1.82, 2.24) is 10.3 Å². The van der Waals surface area contributed by atoms with Crippen LogP contribution in [0.15, 0.2) is 21.6 Å². The zero-order valence-corrected chi connectivity index (χ0v) is 15.7. The van der Waals surface area contributed by atoms with Crippen LogP contribution < -0.4 is 22.1 Å². The molecule has 0 bridgehead atoms. The van der Waals surface area contributed by atoms with Gasteiger partial charge in [0.25, 0.3) is 0 Å². The van der Waals surface area contributed by atoms with Crippen LogP contribution in [0.2, 0.25) is 0 Å². The minimum absolute atomic E-state index is 0.0203. The number of benzene rings is 1. The Hall–Kier alpha value is -3.71. The number of nitrogens with one attached hydrogen (secondary N) is 2. The second-order valence-corrected chi connectivity index (χ2v) is 6.61. The summed E-state index contributed by atoms with van der Waals surface area (Å²) in [5, 5.41) is 33.3. The Morgan fingerprint density at radius 3 is 2.52 bits per heavy atom. The molecule has 2 aromatic rings. The van der Waals surface area contributed by atoms with Crippen molar-refractivity contribution in [3.8, 4) is 18.0 Å². The van der Waals surface area contributed by atoms with Crippen molar-refractivity contribution in [2.45, 2.75) is 12.2 Å². The number of aromatic hydroxyl groups is 1. The minimum Gasteiger partial charge on any atom is -0.506 e. The minimum atomic E-state index is -4.84. The van der Waals surface area contributed by atoms with Crippen molar-refractivity contribution in [1.29, 1.82) is 10.5 Å². The molecule has 0 amide bonds. The second kappa shape index (κ2) is 7.03. The van der Waals surface area contributed by atoms with Gasteiger partial charge in [0.2, 0.25) is 5.96 Å². The molecule has 2 heterocycles. The standard InChI is InChI=1S/C16H10BrF3N8O/c17-7-2-1-6(16(18,19)20)8(12(7)29)11-9-10(23)5(3-21)13(24)27-14(9)28-15(26-11)25-4-22/h1-2,11,29H,(H6,23,24,25,26,27,28). The molecule has 0 fully saturated rings. The Bertz CT molecular complexity index is 1130. The predicted octanol–water partition coefficient (Wildman–Crippen LogP) is 2.55. The van der Waals surface area contributed by atoms with E-state index < -0.39 is 29.1 Å². The van der Waals surface area contributed by atoms with Gasteiger partial charge in [-0.15, -0.1) is 0 Å². The van der Waals surface area contributed by atoms with Gasteiger partial charge in [-0.05, 0) is 28.1 Å². The lowest BCUT2D eigenvalue weighted by Gasteiger charge is -2.28. The fraction of sp³-hybridized carbons (Fsp3) is 0.125. The van der Waals surface area contributed by atoms with Gasteiger partial charge in [0.1, 0.15) is 35.1 Å². The molecule has 3 rings (SSSR count). The highest BCUT2D eigenvalue weighted by atomic mass is 79.9. The average molecular weight is 467 g/mol. The van der Waals surface area contributed by atoms with Crippen LogP contribution in [0.3, 0.4) is 0 Å². The second-order valence-electron chi connectivity index (χ2n) is 5.76. The van der Waals surface area contributed by atoms with E-state index in [1.54, 1.807) is 12.3 Å². The maximum Gasteiger partial charge on any atom is 0.416 e. The maximum absolute atomic E-state index is 13.7. The summed E-state index contributed by atoms with van der Waals surface area (Å²) in [5.74, 6) is -1.34. The van der Waals surface area contributed by atoms with E-state index in [9.17, 15) is 23.5 Å². The number of guanidine groups is 1. The van der Waals surface area contributed by atoms with Gasteiger partial charge in [0.05, 0.1) is 15.7 Å². The SMILES string of the molecule is N#CNC1=NC(c2c(C(F)(F)F)ccc(Br)c2O)c2c(nc(N)c(C#N)c2N)N1. The average Bonchev–Trinajstić information content (AvgIpc) is 2.62. The molecule has 9 nitrogen and oxygen atoms in total. The van der Waals surface area contributed by atoms with Crippen molar-refractivity contribution < 1.29 is 18.3 Å². The van der Waals surface area contributed by atoms with E-state index in [0.717, 1.165) is 12.1 Å². The number of halogens is 4.